The number of H-pyrrole nitrogens is 1. The van der Waals surface area contributed by atoms with Crippen LogP contribution in [0.15, 0.2) is 30.6 Å². The Morgan fingerprint density at radius 3 is 2.89 bits per heavy atom. The summed E-state index contributed by atoms with van der Waals surface area (Å²) in [4.78, 5) is 18.7. The van der Waals surface area contributed by atoms with Crippen molar-refractivity contribution in [3.63, 3.8) is 0 Å². The third-order valence-electron chi connectivity index (χ3n) is 2.92. The smallest absolute Gasteiger partial charge is 0.271 e. The van der Waals surface area contributed by atoms with Crippen LogP contribution < -0.4 is 10.1 Å². The number of nitrogens with zero attached hydrogens (tertiary/aromatic N) is 1. The number of nitrogens with one attached hydrogen (secondary N) is 2. The lowest BCUT2D eigenvalue weighted by molar-refractivity contribution is 0.0949. The molecule has 2 aromatic rings. The van der Waals surface area contributed by atoms with E-state index in [0.717, 1.165) is 23.4 Å². The molecule has 0 aliphatic rings. The van der Waals surface area contributed by atoms with Gasteiger partial charge in [-0.2, -0.15) is 0 Å². The van der Waals surface area contributed by atoms with E-state index < -0.39 is 0 Å². The number of imidazole rings is 1. The zero-order chi connectivity index (χ0) is 13.7. The molecule has 1 amide bonds. The quantitative estimate of drug-likeness (QED) is 0.858. The van der Waals surface area contributed by atoms with Gasteiger partial charge in [-0.05, 0) is 25.0 Å². The summed E-state index contributed by atoms with van der Waals surface area (Å²) in [5.74, 6) is 0.682. The number of methoxy groups -OCH3 is 1. The number of ether oxygens (including phenoxy) is 1. The van der Waals surface area contributed by atoms with Crippen LogP contribution in [0.25, 0.3) is 0 Å². The molecule has 2 rings (SSSR count). The largest absolute Gasteiger partial charge is 0.496 e. The molecule has 0 saturated heterocycles. The Bertz CT molecular complexity index is 563. The molecule has 0 aliphatic heterocycles. The third-order valence-corrected chi connectivity index (χ3v) is 2.92. The molecule has 0 atom stereocenters. The molecule has 0 spiro atoms. The van der Waals surface area contributed by atoms with Crippen LogP contribution in [-0.4, -0.2) is 29.5 Å². The van der Waals surface area contributed by atoms with Gasteiger partial charge in [0.1, 0.15) is 11.4 Å². The number of benzene rings is 1. The summed E-state index contributed by atoms with van der Waals surface area (Å²) in [6.45, 7) is 2.37. The maximum absolute atomic E-state index is 11.8. The lowest BCUT2D eigenvalue weighted by Crippen LogP contribution is -2.26. The highest BCUT2D eigenvalue weighted by Crippen LogP contribution is 2.17. The second-order valence-corrected chi connectivity index (χ2v) is 4.19. The van der Waals surface area contributed by atoms with Gasteiger partial charge < -0.3 is 15.0 Å². The second-order valence-electron chi connectivity index (χ2n) is 4.19. The molecule has 100 valence electrons. The molecular weight excluding hydrogens is 242 g/mol. The van der Waals surface area contributed by atoms with Gasteiger partial charge >= 0.3 is 0 Å². The first-order valence-electron chi connectivity index (χ1n) is 6.12. The topological polar surface area (TPSA) is 67.0 Å². The van der Waals surface area contributed by atoms with Crippen molar-refractivity contribution < 1.29 is 9.53 Å². The molecule has 0 radical (unpaired) electrons. The molecule has 1 heterocycles. The molecule has 1 aromatic heterocycles. The Labute approximate surface area is 112 Å². The summed E-state index contributed by atoms with van der Waals surface area (Å²) in [6.07, 6.45) is 2.24. The molecular formula is C14H17N3O2. The highest BCUT2D eigenvalue weighted by Gasteiger charge is 2.11. The predicted molar refractivity (Wildman–Crippen MR) is 72.4 cm³/mol. The fourth-order valence-electron chi connectivity index (χ4n) is 1.89. The maximum Gasteiger partial charge on any atom is 0.271 e. The monoisotopic (exact) mass is 259 g/mol. The summed E-state index contributed by atoms with van der Waals surface area (Å²) < 4.78 is 5.26. The van der Waals surface area contributed by atoms with Crippen LogP contribution in [0.2, 0.25) is 0 Å². The van der Waals surface area contributed by atoms with E-state index in [9.17, 15) is 4.79 Å². The Hall–Kier alpha value is -2.30. The fraction of sp³-hybridized carbons (Fsp3) is 0.286. The van der Waals surface area contributed by atoms with Gasteiger partial charge in [0, 0.05) is 12.2 Å². The van der Waals surface area contributed by atoms with Crippen LogP contribution in [-0.2, 0) is 6.42 Å². The lowest BCUT2D eigenvalue weighted by Gasteiger charge is -2.08. The van der Waals surface area contributed by atoms with E-state index in [1.165, 1.54) is 6.33 Å². The van der Waals surface area contributed by atoms with Crippen LogP contribution in [0.5, 0.6) is 5.75 Å². The Morgan fingerprint density at radius 1 is 1.42 bits per heavy atom. The van der Waals surface area contributed by atoms with E-state index in [2.05, 4.69) is 15.3 Å². The van der Waals surface area contributed by atoms with Crippen molar-refractivity contribution in [3.8, 4) is 5.75 Å². The number of rotatable bonds is 5. The Balaban J connectivity index is 1.90. The van der Waals surface area contributed by atoms with Gasteiger partial charge in [-0.25, -0.2) is 4.98 Å². The zero-order valence-corrected chi connectivity index (χ0v) is 11.1. The average molecular weight is 259 g/mol. The molecule has 5 nitrogen and oxygen atoms in total. The van der Waals surface area contributed by atoms with Crippen LogP contribution in [0.4, 0.5) is 0 Å². The minimum atomic E-state index is -0.159. The van der Waals surface area contributed by atoms with Crippen molar-refractivity contribution in [2.75, 3.05) is 13.7 Å². The van der Waals surface area contributed by atoms with Gasteiger partial charge in [0.2, 0.25) is 0 Å². The molecule has 1 aromatic carbocycles. The van der Waals surface area contributed by atoms with E-state index in [1.54, 1.807) is 7.11 Å². The molecule has 0 bridgehead atoms. The molecule has 0 unspecified atom stereocenters. The van der Waals surface area contributed by atoms with E-state index >= 15 is 0 Å². The van der Waals surface area contributed by atoms with Gasteiger partial charge in [-0.15, -0.1) is 0 Å². The predicted octanol–water partition coefficient (Wildman–Crippen LogP) is 1.70. The standard InChI is InChI=1S/C14H17N3O2/c1-10-13(17-9-16-10)14(18)15-8-7-11-5-3-4-6-12(11)19-2/h3-6,9H,7-8H2,1-2H3,(H,15,18)(H,16,17). The molecule has 0 saturated carbocycles. The lowest BCUT2D eigenvalue weighted by atomic mass is 10.1. The molecule has 2 N–H and O–H groups in total. The number of aromatic amines is 1. The fourth-order valence-corrected chi connectivity index (χ4v) is 1.89. The van der Waals surface area contributed by atoms with E-state index in [0.29, 0.717) is 12.2 Å². The van der Waals surface area contributed by atoms with Crippen molar-refractivity contribution in [1.82, 2.24) is 15.3 Å². The summed E-state index contributed by atoms with van der Waals surface area (Å²) in [5.41, 5.74) is 2.29. The number of carbonyl (C=O) groups excluding carboxylic acids is 1. The minimum Gasteiger partial charge on any atom is -0.496 e. The van der Waals surface area contributed by atoms with Gasteiger partial charge in [0.15, 0.2) is 0 Å². The van der Waals surface area contributed by atoms with Gasteiger partial charge in [-0.1, -0.05) is 18.2 Å². The van der Waals surface area contributed by atoms with Crippen LogP contribution in [0, 0.1) is 6.92 Å². The molecule has 19 heavy (non-hydrogen) atoms. The summed E-state index contributed by atoms with van der Waals surface area (Å²) in [7, 11) is 1.64. The third kappa shape index (κ3) is 3.13. The summed E-state index contributed by atoms with van der Waals surface area (Å²) >= 11 is 0. The highest BCUT2D eigenvalue weighted by molar-refractivity contribution is 5.93. The normalized spacial score (nSPS) is 10.2. The summed E-state index contributed by atoms with van der Waals surface area (Å²) in [6, 6.07) is 7.78. The molecule has 5 heteroatoms. The number of aryl methyl sites for hydroxylation is 1. The number of para-hydroxylation sites is 1. The van der Waals surface area contributed by atoms with Crippen LogP contribution in [0.1, 0.15) is 21.7 Å². The number of hydrogen-bond acceptors (Lipinski definition) is 3. The average Bonchev–Trinajstić information content (AvgIpc) is 2.85. The maximum atomic E-state index is 11.8. The molecule has 0 aliphatic carbocycles. The zero-order valence-electron chi connectivity index (χ0n) is 11.1. The van der Waals surface area contributed by atoms with E-state index in [-0.39, 0.29) is 5.91 Å². The van der Waals surface area contributed by atoms with Crippen LogP contribution in [0.3, 0.4) is 0 Å². The minimum absolute atomic E-state index is 0.159. The number of carbonyl (C=O) groups is 1. The second kappa shape index (κ2) is 6.04. The van der Waals surface area contributed by atoms with Gasteiger partial charge in [0.25, 0.3) is 5.91 Å². The van der Waals surface area contributed by atoms with Crippen molar-refractivity contribution in [1.29, 1.82) is 0 Å². The summed E-state index contributed by atoms with van der Waals surface area (Å²) in [5, 5.41) is 2.85. The van der Waals surface area contributed by atoms with Gasteiger partial charge in [0.05, 0.1) is 13.4 Å². The number of amides is 1. The first-order chi connectivity index (χ1) is 9.22. The van der Waals surface area contributed by atoms with Crippen molar-refractivity contribution in [2.24, 2.45) is 0 Å². The highest BCUT2D eigenvalue weighted by atomic mass is 16.5. The number of aromatic nitrogens is 2. The van der Waals surface area contributed by atoms with Gasteiger partial charge in [-0.3, -0.25) is 4.79 Å². The SMILES string of the molecule is COc1ccccc1CCNC(=O)c1nc[nH]c1C. The molecule has 0 fully saturated rings. The Kier molecular flexibility index (Phi) is 4.18. The van der Waals surface area contributed by atoms with Crippen molar-refractivity contribution >= 4 is 5.91 Å². The van der Waals surface area contributed by atoms with E-state index in [4.69, 9.17) is 4.74 Å². The van der Waals surface area contributed by atoms with E-state index in [1.807, 2.05) is 31.2 Å². The Morgan fingerprint density at radius 2 is 2.21 bits per heavy atom. The first kappa shape index (κ1) is 13.1. The van der Waals surface area contributed by atoms with Crippen molar-refractivity contribution in [2.45, 2.75) is 13.3 Å². The van der Waals surface area contributed by atoms with Crippen molar-refractivity contribution in [3.05, 3.63) is 47.5 Å². The number of hydrogen-bond donors (Lipinski definition) is 2. The first-order valence-corrected chi connectivity index (χ1v) is 6.12. The van der Waals surface area contributed by atoms with Crippen LogP contribution >= 0.6 is 0 Å².